The molecule has 0 aliphatic carbocycles. The lowest BCUT2D eigenvalue weighted by Crippen LogP contribution is -2.28. The second-order valence-electron chi connectivity index (χ2n) is 6.28. The Kier molecular flexibility index (Phi) is 6.36. The summed E-state index contributed by atoms with van der Waals surface area (Å²) < 4.78 is 5.60. The first kappa shape index (κ1) is 19.1. The van der Waals surface area contributed by atoms with E-state index in [0.29, 0.717) is 30.0 Å². The highest BCUT2D eigenvalue weighted by Gasteiger charge is 2.06. The number of amides is 1. The normalized spacial score (nSPS) is 10.3. The highest BCUT2D eigenvalue weighted by molar-refractivity contribution is 5.95. The van der Waals surface area contributed by atoms with Gasteiger partial charge in [-0.3, -0.25) is 15.2 Å². The smallest absolute Gasteiger partial charge is 0.251 e. The number of hydrogen-bond donors (Lipinski definition) is 3. The van der Waals surface area contributed by atoms with Crippen LogP contribution in [-0.4, -0.2) is 29.9 Å². The minimum Gasteiger partial charge on any atom is -0.492 e. The van der Waals surface area contributed by atoms with Gasteiger partial charge in [0, 0.05) is 23.5 Å². The number of amidine groups is 1. The largest absolute Gasteiger partial charge is 0.492 e. The summed E-state index contributed by atoms with van der Waals surface area (Å²) in [6, 6.07) is 18.5. The summed E-state index contributed by atoms with van der Waals surface area (Å²) in [6.07, 6.45) is 4.35. The van der Waals surface area contributed by atoms with Crippen molar-refractivity contribution in [3.8, 4) is 5.75 Å². The third-order valence-electron chi connectivity index (χ3n) is 4.18. The quantitative estimate of drug-likeness (QED) is 0.321. The fourth-order valence-corrected chi connectivity index (χ4v) is 2.70. The van der Waals surface area contributed by atoms with Gasteiger partial charge in [-0.15, -0.1) is 0 Å². The van der Waals surface area contributed by atoms with Crippen LogP contribution in [0.1, 0.15) is 27.0 Å². The molecule has 0 atom stereocenters. The van der Waals surface area contributed by atoms with Gasteiger partial charge in [0.15, 0.2) is 0 Å². The van der Waals surface area contributed by atoms with Crippen molar-refractivity contribution in [1.82, 2.24) is 10.3 Å². The Morgan fingerprint density at radius 1 is 1.00 bits per heavy atom. The number of carbonyl (C=O) groups is 1. The zero-order chi connectivity index (χ0) is 19.8. The maximum absolute atomic E-state index is 12.2. The standard InChI is InChI=1S/C22H22N4O2/c23-21(24)19-2-1-3-20(15-19)28-13-12-26-22(27)18-6-4-16(5-7-18)14-17-8-10-25-11-9-17/h1-11,15H,12-14H2,(H3,23,24)(H,26,27). The maximum atomic E-state index is 12.2. The Bertz CT molecular complexity index is 940. The van der Waals surface area contributed by atoms with E-state index in [4.69, 9.17) is 15.9 Å². The van der Waals surface area contributed by atoms with Gasteiger partial charge in [-0.2, -0.15) is 0 Å². The minimum atomic E-state index is -0.142. The Morgan fingerprint density at radius 2 is 1.71 bits per heavy atom. The zero-order valence-electron chi connectivity index (χ0n) is 15.4. The van der Waals surface area contributed by atoms with E-state index in [1.165, 1.54) is 5.56 Å². The number of hydrogen-bond acceptors (Lipinski definition) is 4. The van der Waals surface area contributed by atoms with Crippen LogP contribution in [0.4, 0.5) is 0 Å². The van der Waals surface area contributed by atoms with Crippen LogP contribution in [0.5, 0.6) is 5.75 Å². The number of rotatable bonds is 8. The molecule has 0 saturated heterocycles. The number of nitrogens with zero attached hydrogens (tertiary/aromatic N) is 1. The lowest BCUT2D eigenvalue weighted by atomic mass is 10.0. The average Bonchev–Trinajstić information content (AvgIpc) is 2.72. The van der Waals surface area contributed by atoms with Gasteiger partial charge in [0.05, 0.1) is 6.54 Å². The van der Waals surface area contributed by atoms with Gasteiger partial charge in [0.25, 0.3) is 5.91 Å². The predicted octanol–water partition coefficient (Wildman–Crippen LogP) is 2.77. The second kappa shape index (κ2) is 9.32. The van der Waals surface area contributed by atoms with E-state index in [1.54, 1.807) is 36.7 Å². The molecule has 28 heavy (non-hydrogen) atoms. The third kappa shape index (κ3) is 5.41. The van der Waals surface area contributed by atoms with Crippen molar-refractivity contribution in [2.45, 2.75) is 6.42 Å². The number of nitrogen functional groups attached to an aromatic ring is 1. The van der Waals surface area contributed by atoms with Crippen LogP contribution in [-0.2, 0) is 6.42 Å². The molecule has 1 aromatic heterocycles. The maximum Gasteiger partial charge on any atom is 0.251 e. The molecule has 0 aliphatic rings. The number of nitrogens with two attached hydrogens (primary N) is 1. The van der Waals surface area contributed by atoms with Crippen molar-refractivity contribution in [2.75, 3.05) is 13.2 Å². The van der Waals surface area contributed by atoms with Crippen molar-refractivity contribution in [1.29, 1.82) is 5.41 Å². The van der Waals surface area contributed by atoms with Crippen LogP contribution in [0.3, 0.4) is 0 Å². The zero-order valence-corrected chi connectivity index (χ0v) is 15.4. The van der Waals surface area contributed by atoms with Crippen LogP contribution < -0.4 is 15.8 Å². The Hall–Kier alpha value is -3.67. The minimum absolute atomic E-state index is 0.00821. The summed E-state index contributed by atoms with van der Waals surface area (Å²) in [5.41, 5.74) is 8.99. The molecule has 142 valence electrons. The van der Waals surface area contributed by atoms with Crippen molar-refractivity contribution >= 4 is 11.7 Å². The van der Waals surface area contributed by atoms with Gasteiger partial charge in [0.2, 0.25) is 0 Å². The molecule has 0 unspecified atom stereocenters. The van der Waals surface area contributed by atoms with Gasteiger partial charge < -0.3 is 15.8 Å². The molecular weight excluding hydrogens is 352 g/mol. The molecule has 6 heteroatoms. The third-order valence-corrected chi connectivity index (χ3v) is 4.18. The molecule has 1 amide bonds. The predicted molar refractivity (Wildman–Crippen MR) is 109 cm³/mol. The van der Waals surface area contributed by atoms with Gasteiger partial charge in [-0.1, -0.05) is 24.3 Å². The fourth-order valence-electron chi connectivity index (χ4n) is 2.70. The summed E-state index contributed by atoms with van der Waals surface area (Å²) in [6.45, 7) is 0.703. The first-order valence-corrected chi connectivity index (χ1v) is 8.95. The molecule has 0 spiro atoms. The molecule has 0 bridgehead atoms. The monoisotopic (exact) mass is 374 g/mol. The van der Waals surface area contributed by atoms with Crippen molar-refractivity contribution in [3.05, 3.63) is 95.3 Å². The lowest BCUT2D eigenvalue weighted by Gasteiger charge is -2.09. The van der Waals surface area contributed by atoms with Crippen LogP contribution in [0, 0.1) is 5.41 Å². The van der Waals surface area contributed by atoms with E-state index in [-0.39, 0.29) is 11.7 Å². The molecule has 4 N–H and O–H groups in total. The molecule has 6 nitrogen and oxygen atoms in total. The van der Waals surface area contributed by atoms with Crippen LogP contribution in [0.2, 0.25) is 0 Å². The molecule has 0 fully saturated rings. The molecule has 0 radical (unpaired) electrons. The second-order valence-corrected chi connectivity index (χ2v) is 6.28. The summed E-state index contributed by atoms with van der Waals surface area (Å²) in [7, 11) is 0. The van der Waals surface area contributed by atoms with Crippen molar-refractivity contribution in [3.63, 3.8) is 0 Å². The van der Waals surface area contributed by atoms with Crippen LogP contribution in [0.15, 0.2) is 73.1 Å². The van der Waals surface area contributed by atoms with E-state index in [2.05, 4.69) is 10.3 Å². The Balaban J connectivity index is 1.46. The highest BCUT2D eigenvalue weighted by atomic mass is 16.5. The first-order chi connectivity index (χ1) is 13.6. The Morgan fingerprint density at radius 3 is 2.43 bits per heavy atom. The summed E-state index contributed by atoms with van der Waals surface area (Å²) in [4.78, 5) is 16.3. The number of carbonyl (C=O) groups excluding carboxylic acids is 1. The van der Waals surface area contributed by atoms with Gasteiger partial charge in [-0.25, -0.2) is 0 Å². The van der Waals surface area contributed by atoms with Crippen LogP contribution in [0.25, 0.3) is 0 Å². The fraction of sp³-hybridized carbons (Fsp3) is 0.136. The van der Waals surface area contributed by atoms with E-state index >= 15 is 0 Å². The van der Waals surface area contributed by atoms with E-state index < -0.39 is 0 Å². The molecular formula is C22H22N4O2. The number of benzene rings is 2. The van der Waals surface area contributed by atoms with E-state index in [9.17, 15) is 4.79 Å². The molecule has 0 saturated carbocycles. The molecule has 0 aliphatic heterocycles. The molecule has 1 heterocycles. The summed E-state index contributed by atoms with van der Waals surface area (Å²) in [5.74, 6) is 0.463. The SMILES string of the molecule is N=C(N)c1cccc(OCCNC(=O)c2ccc(Cc3ccncc3)cc2)c1. The van der Waals surface area contributed by atoms with Crippen LogP contribution >= 0.6 is 0 Å². The molecule has 3 rings (SSSR count). The molecule has 3 aromatic rings. The van der Waals surface area contributed by atoms with Gasteiger partial charge in [0.1, 0.15) is 18.2 Å². The number of aromatic nitrogens is 1. The average molecular weight is 374 g/mol. The lowest BCUT2D eigenvalue weighted by molar-refractivity contribution is 0.0947. The highest BCUT2D eigenvalue weighted by Crippen LogP contribution is 2.13. The van der Waals surface area contributed by atoms with Crippen molar-refractivity contribution in [2.24, 2.45) is 5.73 Å². The number of pyridine rings is 1. The van der Waals surface area contributed by atoms with E-state index in [1.807, 2.05) is 36.4 Å². The van der Waals surface area contributed by atoms with Gasteiger partial charge in [-0.05, 0) is 53.9 Å². The summed E-state index contributed by atoms with van der Waals surface area (Å²) in [5, 5.41) is 10.3. The number of nitrogens with one attached hydrogen (secondary N) is 2. The summed E-state index contributed by atoms with van der Waals surface area (Å²) >= 11 is 0. The molecule has 2 aromatic carbocycles. The number of ether oxygens (including phenoxy) is 1. The topological polar surface area (TPSA) is 101 Å². The Labute approximate surface area is 163 Å². The van der Waals surface area contributed by atoms with Crippen molar-refractivity contribution < 1.29 is 9.53 Å². The van der Waals surface area contributed by atoms with Gasteiger partial charge >= 0.3 is 0 Å². The van der Waals surface area contributed by atoms with E-state index in [0.717, 1.165) is 12.0 Å². The first-order valence-electron chi connectivity index (χ1n) is 8.95.